The molecular formula is C17H23ClN4O2S. The highest BCUT2D eigenvalue weighted by Gasteiger charge is 2.39. The Labute approximate surface area is 157 Å². The van der Waals surface area contributed by atoms with Gasteiger partial charge in [0.2, 0.25) is 5.91 Å². The number of methoxy groups -OCH3 is 1. The Hall–Kier alpha value is -1.54. The number of hydrogen-bond donors (Lipinski definition) is 2. The molecule has 136 valence electrons. The fourth-order valence-corrected chi connectivity index (χ4v) is 3.77. The standard InChI is InChI=1S/C17H22N4O2S.ClH/c1-23-12-17(7-9-18-10-8-17)16(22)19-11-14-20-21-15(24-14)13-5-3-2-4-6-13;/h2-6,18H,7-12H2,1H3,(H,19,22);1H. The molecule has 1 aromatic heterocycles. The second-order valence-corrected chi connectivity index (χ2v) is 7.08. The van der Waals surface area contributed by atoms with Crippen molar-refractivity contribution in [2.75, 3.05) is 26.8 Å². The number of carbonyl (C=O) groups is 1. The minimum Gasteiger partial charge on any atom is -0.384 e. The minimum atomic E-state index is -0.438. The lowest BCUT2D eigenvalue weighted by Crippen LogP contribution is -2.49. The number of carbonyl (C=O) groups excluding carboxylic acids is 1. The molecule has 1 aliphatic heterocycles. The van der Waals surface area contributed by atoms with Gasteiger partial charge in [0.25, 0.3) is 0 Å². The first-order chi connectivity index (χ1) is 11.7. The topological polar surface area (TPSA) is 76.1 Å². The molecule has 0 atom stereocenters. The van der Waals surface area contributed by atoms with Gasteiger partial charge >= 0.3 is 0 Å². The molecule has 0 spiro atoms. The van der Waals surface area contributed by atoms with Crippen LogP contribution in [0, 0.1) is 5.41 Å². The van der Waals surface area contributed by atoms with Crippen LogP contribution in [0.3, 0.4) is 0 Å². The van der Waals surface area contributed by atoms with Gasteiger partial charge in [-0.2, -0.15) is 0 Å². The van der Waals surface area contributed by atoms with Gasteiger partial charge in [0, 0.05) is 12.7 Å². The first-order valence-electron chi connectivity index (χ1n) is 8.09. The molecule has 1 aromatic carbocycles. The Morgan fingerprint density at radius 1 is 1.28 bits per heavy atom. The summed E-state index contributed by atoms with van der Waals surface area (Å²) >= 11 is 1.51. The average Bonchev–Trinajstić information content (AvgIpc) is 3.10. The SMILES string of the molecule is COCC1(C(=O)NCc2nnc(-c3ccccc3)s2)CCNCC1.Cl. The van der Waals surface area contributed by atoms with Crippen molar-refractivity contribution in [3.05, 3.63) is 35.3 Å². The van der Waals surface area contributed by atoms with Crippen LogP contribution in [-0.4, -0.2) is 42.9 Å². The first kappa shape index (κ1) is 19.8. The Morgan fingerprint density at radius 2 is 2.00 bits per heavy atom. The van der Waals surface area contributed by atoms with E-state index >= 15 is 0 Å². The van der Waals surface area contributed by atoms with Crippen molar-refractivity contribution in [3.63, 3.8) is 0 Å². The second kappa shape index (κ2) is 9.24. The molecule has 0 radical (unpaired) electrons. The van der Waals surface area contributed by atoms with Gasteiger partial charge in [0.05, 0.1) is 18.6 Å². The molecular weight excluding hydrogens is 360 g/mol. The maximum atomic E-state index is 12.7. The first-order valence-corrected chi connectivity index (χ1v) is 8.91. The van der Waals surface area contributed by atoms with E-state index in [1.165, 1.54) is 11.3 Å². The Balaban J connectivity index is 0.00000225. The predicted octanol–water partition coefficient (Wildman–Crippen LogP) is 2.26. The van der Waals surface area contributed by atoms with E-state index in [1.54, 1.807) is 7.11 Å². The number of piperidine rings is 1. The summed E-state index contributed by atoms with van der Waals surface area (Å²) in [6.45, 7) is 2.54. The highest BCUT2D eigenvalue weighted by atomic mass is 35.5. The van der Waals surface area contributed by atoms with Crippen molar-refractivity contribution >= 4 is 29.7 Å². The molecule has 25 heavy (non-hydrogen) atoms. The Kier molecular flexibility index (Phi) is 7.31. The highest BCUT2D eigenvalue weighted by molar-refractivity contribution is 7.14. The van der Waals surface area contributed by atoms with Crippen molar-refractivity contribution in [1.82, 2.24) is 20.8 Å². The van der Waals surface area contributed by atoms with Crippen molar-refractivity contribution < 1.29 is 9.53 Å². The van der Waals surface area contributed by atoms with Crippen LogP contribution in [0.2, 0.25) is 0 Å². The van der Waals surface area contributed by atoms with Gasteiger partial charge in [0.1, 0.15) is 10.0 Å². The molecule has 1 saturated heterocycles. The van der Waals surface area contributed by atoms with Crippen LogP contribution in [0.5, 0.6) is 0 Å². The van der Waals surface area contributed by atoms with E-state index in [0.29, 0.717) is 13.2 Å². The molecule has 1 amide bonds. The number of aromatic nitrogens is 2. The van der Waals surface area contributed by atoms with E-state index in [9.17, 15) is 4.79 Å². The maximum absolute atomic E-state index is 12.7. The smallest absolute Gasteiger partial charge is 0.229 e. The van der Waals surface area contributed by atoms with Crippen LogP contribution in [0.15, 0.2) is 30.3 Å². The number of amides is 1. The number of nitrogens with one attached hydrogen (secondary N) is 2. The number of nitrogens with zero attached hydrogens (tertiary/aromatic N) is 2. The van der Waals surface area contributed by atoms with E-state index in [0.717, 1.165) is 41.5 Å². The van der Waals surface area contributed by atoms with Gasteiger partial charge in [-0.05, 0) is 25.9 Å². The largest absolute Gasteiger partial charge is 0.384 e. The molecule has 8 heteroatoms. The third-order valence-electron chi connectivity index (χ3n) is 4.35. The van der Waals surface area contributed by atoms with Crippen LogP contribution < -0.4 is 10.6 Å². The van der Waals surface area contributed by atoms with Crippen molar-refractivity contribution in [3.8, 4) is 10.6 Å². The molecule has 1 aliphatic rings. The van der Waals surface area contributed by atoms with Crippen LogP contribution in [0.1, 0.15) is 17.8 Å². The molecule has 0 bridgehead atoms. The average molecular weight is 383 g/mol. The fraction of sp³-hybridized carbons (Fsp3) is 0.471. The third-order valence-corrected chi connectivity index (χ3v) is 5.32. The van der Waals surface area contributed by atoms with Crippen molar-refractivity contribution in [1.29, 1.82) is 0 Å². The molecule has 6 nitrogen and oxygen atoms in total. The van der Waals surface area contributed by atoms with Crippen LogP contribution in [0.25, 0.3) is 10.6 Å². The van der Waals surface area contributed by atoms with Gasteiger partial charge in [-0.3, -0.25) is 4.79 Å². The summed E-state index contributed by atoms with van der Waals surface area (Å²) in [7, 11) is 1.65. The van der Waals surface area contributed by atoms with E-state index in [2.05, 4.69) is 20.8 Å². The molecule has 1 fully saturated rings. The van der Waals surface area contributed by atoms with Gasteiger partial charge < -0.3 is 15.4 Å². The van der Waals surface area contributed by atoms with Gasteiger partial charge in [0.15, 0.2) is 0 Å². The monoisotopic (exact) mass is 382 g/mol. The Morgan fingerprint density at radius 3 is 2.68 bits per heavy atom. The normalized spacial score (nSPS) is 16.0. The summed E-state index contributed by atoms with van der Waals surface area (Å²) in [6, 6.07) is 9.94. The van der Waals surface area contributed by atoms with Crippen LogP contribution in [0.4, 0.5) is 0 Å². The zero-order valence-corrected chi connectivity index (χ0v) is 15.8. The number of halogens is 1. The molecule has 0 saturated carbocycles. The predicted molar refractivity (Wildman–Crippen MR) is 101 cm³/mol. The quantitative estimate of drug-likeness (QED) is 0.801. The van der Waals surface area contributed by atoms with Gasteiger partial charge in [-0.25, -0.2) is 0 Å². The lowest BCUT2D eigenvalue weighted by atomic mass is 9.78. The number of ether oxygens (including phenoxy) is 1. The minimum absolute atomic E-state index is 0. The highest BCUT2D eigenvalue weighted by Crippen LogP contribution is 2.30. The zero-order valence-electron chi connectivity index (χ0n) is 14.2. The zero-order chi connectivity index (χ0) is 16.8. The number of hydrogen-bond acceptors (Lipinski definition) is 6. The second-order valence-electron chi connectivity index (χ2n) is 6.01. The summed E-state index contributed by atoms with van der Waals surface area (Å²) in [6.07, 6.45) is 1.58. The lowest BCUT2D eigenvalue weighted by Gasteiger charge is -2.35. The summed E-state index contributed by atoms with van der Waals surface area (Å²) in [4.78, 5) is 12.7. The summed E-state index contributed by atoms with van der Waals surface area (Å²) < 4.78 is 5.31. The van der Waals surface area contributed by atoms with E-state index in [4.69, 9.17) is 4.74 Å². The van der Waals surface area contributed by atoms with E-state index in [1.807, 2.05) is 30.3 Å². The molecule has 2 aromatic rings. The summed E-state index contributed by atoms with van der Waals surface area (Å²) in [5.74, 6) is 0.0438. The maximum Gasteiger partial charge on any atom is 0.229 e. The number of rotatable bonds is 6. The molecule has 2 N–H and O–H groups in total. The summed E-state index contributed by atoms with van der Waals surface area (Å²) in [5, 5.41) is 16.4. The van der Waals surface area contributed by atoms with Gasteiger partial charge in [-0.15, -0.1) is 22.6 Å². The van der Waals surface area contributed by atoms with Crippen molar-refractivity contribution in [2.24, 2.45) is 5.41 Å². The van der Waals surface area contributed by atoms with E-state index in [-0.39, 0.29) is 18.3 Å². The molecule has 0 unspecified atom stereocenters. The molecule has 2 heterocycles. The molecule has 3 rings (SSSR count). The number of benzene rings is 1. The third kappa shape index (κ3) is 4.76. The van der Waals surface area contributed by atoms with Crippen LogP contribution in [-0.2, 0) is 16.1 Å². The van der Waals surface area contributed by atoms with E-state index < -0.39 is 5.41 Å². The lowest BCUT2D eigenvalue weighted by molar-refractivity contribution is -0.136. The van der Waals surface area contributed by atoms with Gasteiger partial charge in [-0.1, -0.05) is 41.7 Å². The molecule has 0 aliphatic carbocycles. The Bertz CT molecular complexity index is 669. The fourth-order valence-electron chi connectivity index (χ4n) is 2.98. The summed E-state index contributed by atoms with van der Waals surface area (Å²) in [5.41, 5.74) is 0.606. The van der Waals surface area contributed by atoms with Crippen molar-refractivity contribution in [2.45, 2.75) is 19.4 Å². The van der Waals surface area contributed by atoms with Crippen LogP contribution >= 0.6 is 23.7 Å².